The molecule has 0 saturated carbocycles. The second kappa shape index (κ2) is 20.5. The number of carboxylic acid groups (broad SMARTS) is 2. The van der Waals surface area contributed by atoms with E-state index in [-0.39, 0.29) is 164 Å². The Bertz CT molecular complexity index is 2400. The van der Waals surface area contributed by atoms with Crippen LogP contribution in [0, 0.1) is 0 Å². The van der Waals surface area contributed by atoms with Crippen LogP contribution in [0.1, 0.15) is 20.7 Å². The fourth-order valence-electron chi connectivity index (χ4n) is 3.87. The molecule has 0 aliphatic heterocycles. The zero-order valence-corrected chi connectivity index (χ0v) is 39.5. The summed E-state index contributed by atoms with van der Waals surface area (Å²) in [5.74, 6) is -5.01. The largest absolute Gasteiger partial charge is 1.00 e. The second-order valence-electron chi connectivity index (χ2n) is 8.87. The molecule has 4 aromatic carbocycles. The molecule has 3 N–H and O–H groups in total. The molecule has 0 saturated heterocycles. The van der Waals surface area contributed by atoms with Gasteiger partial charge in [0.25, 0.3) is 0 Å². The molecule has 0 aliphatic carbocycles. The minimum atomic E-state index is -5.54. The van der Waals surface area contributed by atoms with Crippen LogP contribution in [-0.2, 0) is 30.4 Å². The van der Waals surface area contributed by atoms with E-state index in [4.69, 9.17) is 5.73 Å². The van der Waals surface area contributed by atoms with Crippen LogP contribution < -0.4 is 164 Å². The van der Waals surface area contributed by atoms with Crippen molar-refractivity contribution in [3.63, 3.8) is 0 Å². The molecule has 19 nitrogen and oxygen atoms in total. The van der Waals surface area contributed by atoms with E-state index < -0.39 is 96.6 Å². The number of azo groups is 2. The Kier molecular flexibility index (Phi) is 21.2. The number of fused-ring (bicyclic) bond motifs is 1. The summed E-state index contributed by atoms with van der Waals surface area (Å²) in [4.78, 5) is 19.9. The summed E-state index contributed by atoms with van der Waals surface area (Å²) in [6.07, 6.45) is 0. The maximum absolute atomic E-state index is 12.2. The van der Waals surface area contributed by atoms with Gasteiger partial charge in [0.2, 0.25) is 0 Å². The number of phenols is 1. The number of anilines is 1. The summed E-state index contributed by atoms with van der Waals surface area (Å²) < 4.78 is 104. The molecule has 4 rings (SSSR count). The summed E-state index contributed by atoms with van der Waals surface area (Å²) in [7, 11) is -15.7. The summed E-state index contributed by atoms with van der Waals surface area (Å²) in [5.41, 5.74) is 1.11. The van der Waals surface area contributed by atoms with Gasteiger partial charge in [-0.05, 0) is 54.6 Å². The van der Waals surface area contributed by atoms with Crippen molar-refractivity contribution in [1.82, 2.24) is 0 Å². The number of rotatable bonds is 9. The molecular weight excluding hydrogens is 793 g/mol. The van der Waals surface area contributed by atoms with Crippen LogP contribution in [0.2, 0.25) is 0 Å². The third-order valence-corrected chi connectivity index (χ3v) is 8.49. The summed E-state index contributed by atoms with van der Waals surface area (Å²) in [5, 5.41) is 47.7. The zero-order chi connectivity index (χ0) is 34.4. The third-order valence-electron chi connectivity index (χ3n) is 5.97. The van der Waals surface area contributed by atoms with Gasteiger partial charge in [-0.3, -0.25) is 0 Å². The van der Waals surface area contributed by atoms with Gasteiger partial charge in [-0.2, -0.15) is 0 Å². The Morgan fingerprint density at radius 1 is 0.569 bits per heavy atom. The van der Waals surface area contributed by atoms with Crippen molar-refractivity contribution in [2.75, 3.05) is 5.73 Å². The predicted octanol–water partition coefficient (Wildman–Crippen LogP) is -14.6. The van der Waals surface area contributed by atoms with Crippen molar-refractivity contribution in [2.45, 2.75) is 14.7 Å². The first-order valence-electron chi connectivity index (χ1n) is 11.7. The number of hydrogen-bond donors (Lipinski definition) is 2. The van der Waals surface area contributed by atoms with Gasteiger partial charge in [0, 0.05) is 21.9 Å². The number of phenolic OH excluding ortho intramolecular Hbond substituents is 1. The first-order chi connectivity index (χ1) is 21.2. The summed E-state index contributed by atoms with van der Waals surface area (Å²) in [6, 6.07) is 6.61. The normalized spacial score (nSPS) is 11.4. The van der Waals surface area contributed by atoms with Gasteiger partial charge in [0.05, 0.1) is 43.7 Å². The molecule has 0 aromatic heterocycles. The molecule has 51 heavy (non-hydrogen) atoms. The molecule has 0 aliphatic rings. The molecule has 0 spiro atoms. The topological polar surface area (TPSA) is 348 Å². The Morgan fingerprint density at radius 3 is 1.35 bits per heavy atom. The number of aromatic carboxylic acids is 2. The van der Waals surface area contributed by atoms with E-state index in [0.29, 0.717) is 30.3 Å². The van der Waals surface area contributed by atoms with Crippen molar-refractivity contribution < 1.29 is 212 Å². The molecular formula is C24H12N5Na5O14S3. The summed E-state index contributed by atoms with van der Waals surface area (Å²) >= 11 is 0. The Morgan fingerprint density at radius 2 is 0.980 bits per heavy atom. The third kappa shape index (κ3) is 12.6. The minimum absolute atomic E-state index is 0. The Balaban J connectivity index is 0. The van der Waals surface area contributed by atoms with Crippen LogP contribution in [0.3, 0.4) is 0 Å². The van der Waals surface area contributed by atoms with E-state index in [1.54, 1.807) is 0 Å². The number of benzene rings is 4. The minimum Gasteiger partial charge on any atom is -0.744 e. The number of carbonyl (C=O) groups excluding carboxylic acids is 2. The Hall–Kier alpha value is -0.390. The Labute approximate surface area is 399 Å². The van der Waals surface area contributed by atoms with E-state index in [1.807, 2.05) is 0 Å². The fraction of sp³-hybridized carbons (Fsp3) is 0. The molecule has 0 radical (unpaired) electrons. The maximum atomic E-state index is 12.2. The average Bonchev–Trinajstić information content (AvgIpc) is 2.94. The van der Waals surface area contributed by atoms with Crippen molar-refractivity contribution in [3.05, 3.63) is 65.7 Å². The number of carboxylic acids is 2. The molecule has 0 bridgehead atoms. The number of aromatic hydroxyl groups is 1. The quantitative estimate of drug-likeness (QED) is 0.0686. The van der Waals surface area contributed by atoms with E-state index in [1.165, 1.54) is 0 Å². The predicted molar refractivity (Wildman–Crippen MR) is 144 cm³/mol. The fourth-order valence-corrected chi connectivity index (χ4v) is 5.50. The van der Waals surface area contributed by atoms with Crippen LogP contribution in [0.5, 0.6) is 5.75 Å². The van der Waals surface area contributed by atoms with Gasteiger partial charge in [-0.1, -0.05) is 0 Å². The van der Waals surface area contributed by atoms with Crippen LogP contribution in [-0.4, -0.2) is 56.0 Å². The maximum Gasteiger partial charge on any atom is 1.00 e. The van der Waals surface area contributed by atoms with Gasteiger partial charge in [-0.25, -0.2) is 25.3 Å². The number of nitrogens with zero attached hydrogens (tertiary/aromatic N) is 4. The van der Waals surface area contributed by atoms with Gasteiger partial charge >= 0.3 is 148 Å². The molecule has 0 amide bonds. The van der Waals surface area contributed by atoms with Crippen LogP contribution >= 0.6 is 0 Å². The second-order valence-corrected chi connectivity index (χ2v) is 13.0. The van der Waals surface area contributed by atoms with Crippen LogP contribution in [0.4, 0.5) is 28.4 Å². The first-order valence-corrected chi connectivity index (χ1v) is 15.9. The standard InChI is InChI=1S/C24H17N5O14S3.5Na/c25-16-4-3-12-13(20(16)28-26-17-5-1-10(44(35,36)37)7-14(17)23(31)32)9-19(46(41,42)43)21(22(12)30)29-27-18-6-2-11(45(38,39)40)8-15(18)24(33)34;;;;;/h1-9,30H,25H2,(H,31,32)(H,33,34)(H,35,36,37)(H,38,39,40)(H,41,42,43);;;;;/q;5*+1/p-5. The van der Waals surface area contributed by atoms with E-state index >= 15 is 0 Å². The number of hydrogen-bond acceptors (Lipinski definition) is 19. The van der Waals surface area contributed by atoms with Gasteiger partial charge in [-0.15, -0.1) is 20.5 Å². The van der Waals surface area contributed by atoms with Gasteiger partial charge in [0.15, 0.2) is 5.75 Å². The van der Waals surface area contributed by atoms with Crippen molar-refractivity contribution >= 4 is 81.5 Å². The number of nitrogen functional groups attached to an aromatic ring is 1. The monoisotopic (exact) mass is 805 g/mol. The first kappa shape index (κ1) is 52.7. The number of carbonyl (C=O) groups is 2. The molecule has 0 fully saturated rings. The van der Waals surface area contributed by atoms with Gasteiger partial charge in [0.1, 0.15) is 41.7 Å². The molecule has 240 valence electrons. The van der Waals surface area contributed by atoms with E-state index in [9.17, 15) is 63.8 Å². The zero-order valence-electron chi connectivity index (χ0n) is 27.0. The SMILES string of the molecule is Nc1ccc2c(O)c(N=Nc3ccc(S(=O)(=O)[O-])cc3C(=O)[O-])c(S(=O)(=O)[O-])cc2c1N=Nc1ccc(S(=O)(=O)[O-])cc1C(=O)[O-].[Na+].[Na+].[Na+].[Na+].[Na+]. The van der Waals surface area contributed by atoms with Crippen LogP contribution in [0.25, 0.3) is 10.8 Å². The van der Waals surface area contributed by atoms with Crippen LogP contribution in [0.15, 0.2) is 89.7 Å². The molecule has 0 unspecified atom stereocenters. The average molecular weight is 806 g/mol. The molecule has 0 atom stereocenters. The molecule has 0 heterocycles. The molecule has 27 heteroatoms. The smallest absolute Gasteiger partial charge is 0.744 e. The van der Waals surface area contributed by atoms with Gasteiger partial charge < -0.3 is 44.3 Å². The van der Waals surface area contributed by atoms with Crippen molar-refractivity contribution in [1.29, 1.82) is 0 Å². The number of nitrogens with two attached hydrogens (primary N) is 1. The summed E-state index contributed by atoms with van der Waals surface area (Å²) in [6.45, 7) is 0. The van der Waals surface area contributed by atoms with E-state index in [2.05, 4.69) is 20.5 Å². The van der Waals surface area contributed by atoms with Crippen molar-refractivity contribution in [3.8, 4) is 5.75 Å². The van der Waals surface area contributed by atoms with E-state index in [0.717, 1.165) is 24.3 Å². The molecule has 4 aromatic rings. The van der Waals surface area contributed by atoms with Crippen molar-refractivity contribution in [2.24, 2.45) is 20.5 Å².